The van der Waals surface area contributed by atoms with Gasteiger partial charge in [-0.15, -0.1) is 11.3 Å². The Morgan fingerprint density at radius 2 is 2.12 bits per heavy atom. The molecule has 2 rings (SSSR count). The van der Waals surface area contributed by atoms with Gasteiger partial charge in [0.2, 0.25) is 5.91 Å². The molecule has 94 valence electrons. The molecule has 0 aromatic carbocycles. The summed E-state index contributed by atoms with van der Waals surface area (Å²) in [7, 11) is 0. The second kappa shape index (κ2) is 5.17. The Morgan fingerprint density at radius 1 is 1.47 bits per heavy atom. The van der Waals surface area contributed by atoms with Crippen molar-refractivity contribution in [3.63, 3.8) is 0 Å². The summed E-state index contributed by atoms with van der Waals surface area (Å²) >= 11 is 1.59. The van der Waals surface area contributed by atoms with Crippen LogP contribution in [-0.4, -0.2) is 27.9 Å². The summed E-state index contributed by atoms with van der Waals surface area (Å²) in [5.74, 6) is 0.261. The van der Waals surface area contributed by atoms with E-state index in [9.17, 15) is 4.79 Å². The van der Waals surface area contributed by atoms with Crippen molar-refractivity contribution in [2.75, 3.05) is 0 Å². The first-order valence-electron chi connectivity index (χ1n) is 6.29. The molecule has 2 heterocycles. The Kier molecular flexibility index (Phi) is 3.82. The number of carbonyl (C=O) groups is 1. The molecule has 2 unspecified atom stereocenters. The van der Waals surface area contributed by atoms with Gasteiger partial charge >= 0.3 is 0 Å². The van der Waals surface area contributed by atoms with Crippen LogP contribution in [0, 0.1) is 6.92 Å². The van der Waals surface area contributed by atoms with Gasteiger partial charge < -0.3 is 4.90 Å². The maximum atomic E-state index is 12.3. The third-order valence-corrected chi connectivity index (χ3v) is 4.57. The minimum absolute atomic E-state index is 0.261. The SMILES string of the molecule is Cc1ncsc1CC(=O)N1C(C)CCCC1C. The zero-order chi connectivity index (χ0) is 12.4. The van der Waals surface area contributed by atoms with Crippen LogP contribution in [0.15, 0.2) is 5.51 Å². The Bertz CT molecular complexity index is 392. The van der Waals surface area contributed by atoms with E-state index in [0.29, 0.717) is 18.5 Å². The third kappa shape index (κ3) is 2.68. The first-order chi connectivity index (χ1) is 8.09. The zero-order valence-electron chi connectivity index (χ0n) is 10.8. The predicted molar refractivity (Wildman–Crippen MR) is 70.2 cm³/mol. The van der Waals surface area contributed by atoms with Crippen LogP contribution >= 0.6 is 11.3 Å². The first-order valence-corrected chi connectivity index (χ1v) is 7.17. The predicted octanol–water partition coefficient (Wildman–Crippen LogP) is 2.78. The lowest BCUT2D eigenvalue weighted by atomic mass is 9.97. The van der Waals surface area contributed by atoms with E-state index in [1.54, 1.807) is 11.3 Å². The van der Waals surface area contributed by atoms with Gasteiger partial charge in [0, 0.05) is 17.0 Å². The highest BCUT2D eigenvalue weighted by atomic mass is 32.1. The summed E-state index contributed by atoms with van der Waals surface area (Å²) in [5, 5.41) is 0. The van der Waals surface area contributed by atoms with Crippen LogP contribution in [0.3, 0.4) is 0 Å². The lowest BCUT2D eigenvalue weighted by molar-refractivity contribution is -0.136. The van der Waals surface area contributed by atoms with Gasteiger partial charge in [-0.2, -0.15) is 0 Å². The van der Waals surface area contributed by atoms with E-state index in [1.807, 2.05) is 12.4 Å². The molecule has 2 atom stereocenters. The quantitative estimate of drug-likeness (QED) is 0.811. The second-order valence-electron chi connectivity index (χ2n) is 4.97. The topological polar surface area (TPSA) is 33.2 Å². The molecule has 0 radical (unpaired) electrons. The number of piperidine rings is 1. The lowest BCUT2D eigenvalue weighted by Crippen LogP contribution is -2.48. The number of amides is 1. The highest BCUT2D eigenvalue weighted by Crippen LogP contribution is 2.24. The van der Waals surface area contributed by atoms with Gasteiger partial charge in [-0.05, 0) is 40.0 Å². The molecule has 0 aliphatic carbocycles. The van der Waals surface area contributed by atoms with Crippen molar-refractivity contribution >= 4 is 17.2 Å². The highest BCUT2D eigenvalue weighted by molar-refractivity contribution is 7.09. The molecule has 17 heavy (non-hydrogen) atoms. The van der Waals surface area contributed by atoms with Crippen LogP contribution in [0.1, 0.15) is 43.7 Å². The number of carbonyl (C=O) groups excluding carboxylic acids is 1. The highest BCUT2D eigenvalue weighted by Gasteiger charge is 2.29. The van der Waals surface area contributed by atoms with E-state index < -0.39 is 0 Å². The Balaban J connectivity index is 2.06. The molecule has 1 amide bonds. The van der Waals surface area contributed by atoms with Gasteiger partial charge in [0.05, 0.1) is 17.6 Å². The van der Waals surface area contributed by atoms with E-state index in [2.05, 4.69) is 23.7 Å². The van der Waals surface area contributed by atoms with Crippen molar-refractivity contribution in [1.29, 1.82) is 0 Å². The van der Waals surface area contributed by atoms with Crippen molar-refractivity contribution in [3.8, 4) is 0 Å². The standard InChI is InChI=1S/C13H20N2OS/c1-9-5-4-6-10(2)15(9)13(16)7-12-11(3)14-8-17-12/h8-10H,4-7H2,1-3H3. The summed E-state index contributed by atoms with van der Waals surface area (Å²) < 4.78 is 0. The molecule has 1 fully saturated rings. The average molecular weight is 252 g/mol. The van der Waals surface area contributed by atoms with E-state index in [1.165, 1.54) is 6.42 Å². The Hall–Kier alpha value is -0.900. The number of hydrogen-bond acceptors (Lipinski definition) is 3. The van der Waals surface area contributed by atoms with E-state index >= 15 is 0 Å². The van der Waals surface area contributed by atoms with Gasteiger partial charge in [-0.1, -0.05) is 0 Å². The fraction of sp³-hybridized carbons (Fsp3) is 0.692. The maximum Gasteiger partial charge on any atom is 0.228 e. The molecule has 1 aromatic heterocycles. The van der Waals surface area contributed by atoms with Crippen LogP contribution in [-0.2, 0) is 11.2 Å². The molecule has 1 saturated heterocycles. The number of thiazole rings is 1. The molecule has 1 aromatic rings. The minimum atomic E-state index is 0.261. The van der Waals surface area contributed by atoms with Crippen molar-refractivity contribution < 1.29 is 4.79 Å². The number of aryl methyl sites for hydroxylation is 1. The first kappa shape index (κ1) is 12.6. The molecule has 1 aliphatic heterocycles. The molecule has 1 aliphatic rings. The Morgan fingerprint density at radius 3 is 2.65 bits per heavy atom. The second-order valence-corrected chi connectivity index (χ2v) is 5.91. The molecule has 0 spiro atoms. The maximum absolute atomic E-state index is 12.3. The monoisotopic (exact) mass is 252 g/mol. The number of nitrogens with zero attached hydrogens (tertiary/aromatic N) is 2. The fourth-order valence-electron chi connectivity index (χ4n) is 2.64. The van der Waals surface area contributed by atoms with Crippen molar-refractivity contribution in [1.82, 2.24) is 9.88 Å². The summed E-state index contributed by atoms with van der Waals surface area (Å²) in [4.78, 5) is 19.7. The largest absolute Gasteiger partial charge is 0.337 e. The summed E-state index contributed by atoms with van der Waals surface area (Å²) in [6, 6.07) is 0.777. The zero-order valence-corrected chi connectivity index (χ0v) is 11.6. The molecular formula is C13H20N2OS. The van der Waals surface area contributed by atoms with Crippen LogP contribution in [0.25, 0.3) is 0 Å². The summed E-state index contributed by atoms with van der Waals surface area (Å²) in [6.45, 7) is 6.29. The molecule has 4 heteroatoms. The molecule has 3 nitrogen and oxygen atoms in total. The lowest BCUT2D eigenvalue weighted by Gasteiger charge is -2.39. The number of hydrogen-bond donors (Lipinski definition) is 0. The van der Waals surface area contributed by atoms with Crippen LogP contribution in [0.2, 0.25) is 0 Å². The van der Waals surface area contributed by atoms with Crippen molar-refractivity contribution in [2.24, 2.45) is 0 Å². The van der Waals surface area contributed by atoms with Gasteiger partial charge in [-0.3, -0.25) is 4.79 Å². The fourth-order valence-corrected chi connectivity index (χ4v) is 3.41. The summed E-state index contributed by atoms with van der Waals surface area (Å²) in [5.41, 5.74) is 2.82. The molecule has 0 N–H and O–H groups in total. The number of aromatic nitrogens is 1. The van der Waals surface area contributed by atoms with Gasteiger partial charge in [0.15, 0.2) is 0 Å². The van der Waals surface area contributed by atoms with E-state index in [4.69, 9.17) is 0 Å². The number of rotatable bonds is 2. The molecular weight excluding hydrogens is 232 g/mol. The van der Waals surface area contributed by atoms with Crippen LogP contribution in [0.4, 0.5) is 0 Å². The summed E-state index contributed by atoms with van der Waals surface area (Å²) in [6.07, 6.45) is 4.03. The van der Waals surface area contributed by atoms with Gasteiger partial charge in [-0.25, -0.2) is 4.98 Å². The minimum Gasteiger partial charge on any atom is -0.337 e. The van der Waals surface area contributed by atoms with Crippen molar-refractivity contribution in [3.05, 3.63) is 16.1 Å². The number of likely N-dealkylation sites (tertiary alicyclic amines) is 1. The molecule has 0 saturated carbocycles. The van der Waals surface area contributed by atoms with E-state index in [-0.39, 0.29) is 5.91 Å². The van der Waals surface area contributed by atoms with E-state index in [0.717, 1.165) is 23.4 Å². The van der Waals surface area contributed by atoms with Gasteiger partial charge in [0.1, 0.15) is 0 Å². The van der Waals surface area contributed by atoms with Gasteiger partial charge in [0.25, 0.3) is 0 Å². The third-order valence-electron chi connectivity index (χ3n) is 3.64. The average Bonchev–Trinajstić information content (AvgIpc) is 2.64. The van der Waals surface area contributed by atoms with Crippen LogP contribution in [0.5, 0.6) is 0 Å². The normalized spacial score (nSPS) is 25.0. The van der Waals surface area contributed by atoms with Crippen LogP contribution < -0.4 is 0 Å². The smallest absolute Gasteiger partial charge is 0.228 e. The molecule has 0 bridgehead atoms. The van der Waals surface area contributed by atoms with Crippen molar-refractivity contribution in [2.45, 2.75) is 58.5 Å². The Labute approximate surface area is 107 Å².